The van der Waals surface area contributed by atoms with Gasteiger partial charge in [-0.3, -0.25) is 9.59 Å². The highest BCUT2D eigenvalue weighted by Gasteiger charge is 2.23. The molecule has 1 aliphatic rings. The maximum absolute atomic E-state index is 12.9. The topological polar surface area (TPSA) is 80.4 Å². The van der Waals surface area contributed by atoms with Crippen molar-refractivity contribution in [3.05, 3.63) is 40.2 Å². The van der Waals surface area contributed by atoms with Crippen LogP contribution in [0.5, 0.6) is 0 Å². The fourth-order valence-electron chi connectivity index (χ4n) is 3.20. The number of hydrogen-bond acceptors (Lipinski definition) is 4. The van der Waals surface area contributed by atoms with E-state index in [9.17, 15) is 9.59 Å². The number of aromatic nitrogens is 1. The number of nitrogens with zero attached hydrogens (tertiary/aromatic N) is 2. The van der Waals surface area contributed by atoms with E-state index in [1.165, 1.54) is 0 Å². The molecule has 24 heavy (non-hydrogen) atoms. The predicted molar refractivity (Wildman–Crippen MR) is 96.2 cm³/mol. The molecule has 2 heterocycles. The SMILES string of the molecule is CC(C)Cn1cc(C(=O)N2CCNCC2)c(=O)c2c(N)cccc21. The minimum absolute atomic E-state index is 0.204. The lowest BCUT2D eigenvalue weighted by Crippen LogP contribution is -2.47. The van der Waals surface area contributed by atoms with Gasteiger partial charge in [0.25, 0.3) is 5.91 Å². The van der Waals surface area contributed by atoms with E-state index in [2.05, 4.69) is 19.2 Å². The summed E-state index contributed by atoms with van der Waals surface area (Å²) in [5.41, 5.74) is 7.20. The van der Waals surface area contributed by atoms with E-state index < -0.39 is 0 Å². The van der Waals surface area contributed by atoms with Gasteiger partial charge in [-0.15, -0.1) is 0 Å². The number of nitrogen functional groups attached to an aromatic ring is 1. The van der Waals surface area contributed by atoms with Crippen LogP contribution in [-0.4, -0.2) is 41.6 Å². The highest BCUT2D eigenvalue weighted by atomic mass is 16.2. The van der Waals surface area contributed by atoms with Gasteiger partial charge in [-0.1, -0.05) is 19.9 Å². The number of pyridine rings is 1. The monoisotopic (exact) mass is 328 g/mol. The number of nitrogens with one attached hydrogen (secondary N) is 1. The molecule has 1 amide bonds. The smallest absolute Gasteiger partial charge is 0.259 e. The van der Waals surface area contributed by atoms with E-state index >= 15 is 0 Å². The first-order valence-electron chi connectivity index (χ1n) is 8.40. The molecule has 0 unspecified atom stereocenters. The molecule has 0 aliphatic carbocycles. The van der Waals surface area contributed by atoms with Gasteiger partial charge < -0.3 is 20.5 Å². The highest BCUT2D eigenvalue weighted by Crippen LogP contribution is 2.20. The summed E-state index contributed by atoms with van der Waals surface area (Å²) < 4.78 is 1.98. The summed E-state index contributed by atoms with van der Waals surface area (Å²) in [6, 6.07) is 5.43. The fraction of sp³-hybridized carbons (Fsp3) is 0.444. The van der Waals surface area contributed by atoms with Crippen molar-refractivity contribution in [1.82, 2.24) is 14.8 Å². The second-order valence-electron chi connectivity index (χ2n) is 6.70. The number of amides is 1. The number of rotatable bonds is 3. The van der Waals surface area contributed by atoms with E-state index in [1.54, 1.807) is 17.2 Å². The number of carbonyl (C=O) groups excluding carboxylic acids is 1. The Morgan fingerprint density at radius 2 is 2.00 bits per heavy atom. The van der Waals surface area contributed by atoms with Crippen molar-refractivity contribution in [2.45, 2.75) is 20.4 Å². The summed E-state index contributed by atoms with van der Waals surface area (Å²) >= 11 is 0. The van der Waals surface area contributed by atoms with Crippen LogP contribution in [0.3, 0.4) is 0 Å². The molecule has 1 saturated heterocycles. The molecule has 0 spiro atoms. The number of piperazine rings is 1. The zero-order valence-electron chi connectivity index (χ0n) is 14.2. The lowest BCUT2D eigenvalue weighted by molar-refractivity contribution is 0.0734. The Hall–Kier alpha value is -2.34. The number of nitrogens with two attached hydrogens (primary N) is 1. The number of benzene rings is 1. The molecule has 128 valence electrons. The van der Waals surface area contributed by atoms with Crippen LogP contribution in [0.4, 0.5) is 5.69 Å². The van der Waals surface area contributed by atoms with Gasteiger partial charge in [0.2, 0.25) is 5.43 Å². The molecule has 2 aromatic rings. The van der Waals surface area contributed by atoms with Crippen LogP contribution in [0.2, 0.25) is 0 Å². The van der Waals surface area contributed by atoms with E-state index in [0.29, 0.717) is 30.1 Å². The summed E-state index contributed by atoms with van der Waals surface area (Å²) in [5.74, 6) is 0.184. The summed E-state index contributed by atoms with van der Waals surface area (Å²) in [6.45, 7) is 7.67. The molecular weight excluding hydrogens is 304 g/mol. The van der Waals surface area contributed by atoms with E-state index in [1.807, 2.05) is 16.7 Å². The third-order valence-electron chi connectivity index (χ3n) is 4.34. The Balaban J connectivity index is 2.17. The molecule has 1 aromatic heterocycles. The largest absolute Gasteiger partial charge is 0.398 e. The first-order chi connectivity index (χ1) is 11.5. The molecule has 6 nitrogen and oxygen atoms in total. The number of hydrogen-bond donors (Lipinski definition) is 2. The zero-order valence-corrected chi connectivity index (χ0v) is 14.2. The third kappa shape index (κ3) is 3.01. The molecule has 3 N–H and O–H groups in total. The number of anilines is 1. The first-order valence-corrected chi connectivity index (χ1v) is 8.40. The quantitative estimate of drug-likeness (QED) is 0.832. The fourth-order valence-corrected chi connectivity index (χ4v) is 3.20. The predicted octanol–water partition coefficient (Wildman–Crippen LogP) is 1.29. The lowest BCUT2D eigenvalue weighted by atomic mass is 10.1. The third-order valence-corrected chi connectivity index (χ3v) is 4.34. The standard InChI is InChI=1S/C18H24N4O2/c1-12(2)10-22-11-13(18(24)21-8-6-20-7-9-21)17(23)16-14(19)4-3-5-15(16)22/h3-5,11-12,20H,6-10,19H2,1-2H3. The van der Waals surface area contributed by atoms with E-state index in [4.69, 9.17) is 5.73 Å². The molecule has 1 aliphatic heterocycles. The van der Waals surface area contributed by atoms with Crippen LogP contribution < -0.4 is 16.5 Å². The van der Waals surface area contributed by atoms with Crippen molar-refractivity contribution in [3.63, 3.8) is 0 Å². The average molecular weight is 328 g/mol. The number of carbonyl (C=O) groups is 1. The molecule has 0 radical (unpaired) electrons. The van der Waals surface area contributed by atoms with Crippen molar-refractivity contribution >= 4 is 22.5 Å². The van der Waals surface area contributed by atoms with Crippen molar-refractivity contribution in [1.29, 1.82) is 0 Å². The van der Waals surface area contributed by atoms with Gasteiger partial charge in [0.1, 0.15) is 5.56 Å². The second kappa shape index (κ2) is 6.65. The Morgan fingerprint density at radius 1 is 1.29 bits per heavy atom. The molecule has 0 atom stereocenters. The van der Waals surface area contributed by atoms with Crippen molar-refractivity contribution in [2.75, 3.05) is 31.9 Å². The van der Waals surface area contributed by atoms with Crippen molar-refractivity contribution < 1.29 is 4.79 Å². The van der Waals surface area contributed by atoms with Crippen LogP contribution in [0.25, 0.3) is 10.9 Å². The molecule has 1 aromatic carbocycles. The Bertz CT molecular complexity index is 820. The second-order valence-corrected chi connectivity index (χ2v) is 6.70. The minimum Gasteiger partial charge on any atom is -0.398 e. The summed E-state index contributed by atoms with van der Waals surface area (Å²) in [4.78, 5) is 27.5. The summed E-state index contributed by atoms with van der Waals surface area (Å²) in [5, 5.41) is 3.66. The van der Waals surface area contributed by atoms with Crippen LogP contribution in [0.15, 0.2) is 29.2 Å². The lowest BCUT2D eigenvalue weighted by Gasteiger charge is -2.27. The van der Waals surface area contributed by atoms with Crippen LogP contribution in [0.1, 0.15) is 24.2 Å². The van der Waals surface area contributed by atoms with Gasteiger partial charge in [-0.2, -0.15) is 0 Å². The summed E-state index contributed by atoms with van der Waals surface area (Å²) in [7, 11) is 0. The molecule has 0 bridgehead atoms. The van der Waals surface area contributed by atoms with Gasteiger partial charge in [-0.05, 0) is 18.1 Å². The minimum atomic E-state index is -0.272. The zero-order chi connectivity index (χ0) is 17.3. The van der Waals surface area contributed by atoms with Crippen molar-refractivity contribution in [3.8, 4) is 0 Å². The van der Waals surface area contributed by atoms with Crippen LogP contribution in [0, 0.1) is 5.92 Å². The van der Waals surface area contributed by atoms with Gasteiger partial charge in [0.15, 0.2) is 0 Å². The maximum atomic E-state index is 12.9. The van der Waals surface area contributed by atoms with Gasteiger partial charge >= 0.3 is 0 Å². The van der Waals surface area contributed by atoms with Crippen LogP contribution >= 0.6 is 0 Å². The van der Waals surface area contributed by atoms with Gasteiger partial charge in [0.05, 0.1) is 10.9 Å². The Kier molecular flexibility index (Phi) is 4.57. The molecule has 3 rings (SSSR count). The number of fused-ring (bicyclic) bond motifs is 1. The average Bonchev–Trinajstić information content (AvgIpc) is 2.57. The van der Waals surface area contributed by atoms with Gasteiger partial charge in [0, 0.05) is 44.6 Å². The highest BCUT2D eigenvalue weighted by molar-refractivity contribution is 6.00. The normalized spacial score (nSPS) is 15.2. The van der Waals surface area contributed by atoms with Crippen LogP contribution in [-0.2, 0) is 6.54 Å². The first kappa shape index (κ1) is 16.5. The van der Waals surface area contributed by atoms with Gasteiger partial charge in [-0.25, -0.2) is 0 Å². The molecule has 1 fully saturated rings. The summed E-state index contributed by atoms with van der Waals surface area (Å²) in [6.07, 6.45) is 1.70. The van der Waals surface area contributed by atoms with E-state index in [-0.39, 0.29) is 16.9 Å². The molecule has 0 saturated carbocycles. The molecular formula is C18H24N4O2. The Morgan fingerprint density at radius 3 is 2.67 bits per heavy atom. The van der Waals surface area contributed by atoms with Crippen molar-refractivity contribution in [2.24, 2.45) is 5.92 Å². The van der Waals surface area contributed by atoms with E-state index in [0.717, 1.165) is 25.2 Å². The maximum Gasteiger partial charge on any atom is 0.259 e. The molecule has 6 heteroatoms. The Labute approximate surface area is 141 Å².